The van der Waals surface area contributed by atoms with Crippen LogP contribution in [0.4, 0.5) is 4.79 Å². The van der Waals surface area contributed by atoms with Crippen LogP contribution in [0.5, 0.6) is 17.2 Å². The van der Waals surface area contributed by atoms with Gasteiger partial charge in [0, 0.05) is 13.1 Å². The van der Waals surface area contributed by atoms with Crippen LogP contribution >= 0.6 is 0 Å². The van der Waals surface area contributed by atoms with Gasteiger partial charge >= 0.3 is 6.09 Å². The fourth-order valence-corrected chi connectivity index (χ4v) is 3.00. The summed E-state index contributed by atoms with van der Waals surface area (Å²) in [5.41, 5.74) is 1.91. The molecule has 5 heteroatoms. The molecule has 5 nitrogen and oxygen atoms in total. The number of likely N-dealkylation sites (tertiary alicyclic amines) is 1. The summed E-state index contributed by atoms with van der Waals surface area (Å²) >= 11 is 0. The van der Waals surface area contributed by atoms with Gasteiger partial charge in [-0.15, -0.1) is 0 Å². The van der Waals surface area contributed by atoms with Crippen molar-refractivity contribution >= 4 is 12.2 Å². The van der Waals surface area contributed by atoms with E-state index in [0.717, 1.165) is 24.2 Å². The summed E-state index contributed by atoms with van der Waals surface area (Å²) in [6.45, 7) is 6.99. The number of piperidine rings is 1. The summed E-state index contributed by atoms with van der Waals surface area (Å²) in [5.74, 6) is 1.63. The molecule has 0 atom stereocenters. The van der Waals surface area contributed by atoms with Gasteiger partial charge in [0.2, 0.25) is 0 Å². The van der Waals surface area contributed by atoms with Crippen LogP contribution in [0.15, 0.2) is 54.1 Å². The fraction of sp³-hybridized carbons (Fsp3) is 0.348. The molecule has 0 aliphatic carbocycles. The van der Waals surface area contributed by atoms with Crippen molar-refractivity contribution in [3.63, 3.8) is 0 Å². The first-order chi connectivity index (χ1) is 13.3. The van der Waals surface area contributed by atoms with Gasteiger partial charge in [-0.05, 0) is 75.6 Å². The first-order valence-electron chi connectivity index (χ1n) is 9.53. The highest BCUT2D eigenvalue weighted by molar-refractivity contribution is 5.68. The zero-order valence-electron chi connectivity index (χ0n) is 16.6. The van der Waals surface area contributed by atoms with Crippen LogP contribution in [0, 0.1) is 0 Å². The lowest BCUT2D eigenvalue weighted by Crippen LogP contribution is -2.40. The van der Waals surface area contributed by atoms with Crippen LogP contribution in [-0.4, -0.2) is 34.8 Å². The van der Waals surface area contributed by atoms with Crippen molar-refractivity contribution in [2.75, 3.05) is 13.1 Å². The Kier molecular flexibility index (Phi) is 5.93. The minimum absolute atomic E-state index is 0.212. The fourth-order valence-electron chi connectivity index (χ4n) is 3.00. The Bertz CT molecular complexity index is 840. The maximum atomic E-state index is 12.2. The number of nitrogens with zero attached hydrogens (tertiary/aromatic N) is 1. The summed E-state index contributed by atoms with van der Waals surface area (Å²) < 4.78 is 11.3. The minimum atomic E-state index is -0.467. The minimum Gasteiger partial charge on any atom is -0.508 e. The second kappa shape index (κ2) is 8.38. The van der Waals surface area contributed by atoms with Gasteiger partial charge in [0.25, 0.3) is 0 Å². The Morgan fingerprint density at radius 1 is 1.04 bits per heavy atom. The van der Waals surface area contributed by atoms with Crippen molar-refractivity contribution in [3.05, 3.63) is 59.7 Å². The Morgan fingerprint density at radius 3 is 2.36 bits per heavy atom. The average molecular weight is 381 g/mol. The van der Waals surface area contributed by atoms with Crippen molar-refractivity contribution in [3.8, 4) is 17.2 Å². The second-order valence-electron chi connectivity index (χ2n) is 7.94. The quantitative estimate of drug-likeness (QED) is 0.752. The lowest BCUT2D eigenvalue weighted by molar-refractivity contribution is 0.0237. The summed E-state index contributed by atoms with van der Waals surface area (Å²) in [6.07, 6.45) is 3.59. The van der Waals surface area contributed by atoms with Crippen LogP contribution in [-0.2, 0) is 4.74 Å². The molecule has 0 saturated carbocycles. The molecule has 28 heavy (non-hydrogen) atoms. The maximum absolute atomic E-state index is 12.2. The predicted molar refractivity (Wildman–Crippen MR) is 110 cm³/mol. The molecule has 1 heterocycles. The van der Waals surface area contributed by atoms with Crippen LogP contribution < -0.4 is 4.74 Å². The molecule has 0 spiro atoms. The molecule has 1 aliphatic heterocycles. The Hall–Kier alpha value is -2.95. The van der Waals surface area contributed by atoms with Gasteiger partial charge in [0.15, 0.2) is 0 Å². The van der Waals surface area contributed by atoms with Crippen molar-refractivity contribution in [1.82, 2.24) is 4.90 Å². The summed E-state index contributed by atoms with van der Waals surface area (Å²) in [6, 6.07) is 14.5. The topological polar surface area (TPSA) is 59.0 Å². The normalized spacial score (nSPS) is 14.5. The third-order valence-corrected chi connectivity index (χ3v) is 4.36. The summed E-state index contributed by atoms with van der Waals surface area (Å²) in [4.78, 5) is 13.9. The van der Waals surface area contributed by atoms with Crippen LogP contribution in [0.3, 0.4) is 0 Å². The van der Waals surface area contributed by atoms with E-state index in [1.165, 1.54) is 5.57 Å². The SMILES string of the molecule is CC(C)(C)OC(=O)N1CCC(=Cc2cccc(Oc3ccc(O)cc3)c2)CC1. The Labute approximate surface area is 166 Å². The number of benzene rings is 2. The average Bonchev–Trinajstić information content (AvgIpc) is 2.63. The standard InChI is InChI=1S/C23H27NO4/c1-23(2,3)28-22(26)24-13-11-17(12-14-24)15-18-5-4-6-21(16-18)27-20-9-7-19(25)8-10-20/h4-10,15-16,25H,11-14H2,1-3H3. The van der Waals surface area contributed by atoms with E-state index in [4.69, 9.17) is 9.47 Å². The molecule has 3 rings (SSSR count). The maximum Gasteiger partial charge on any atom is 0.410 e. The van der Waals surface area contributed by atoms with E-state index >= 15 is 0 Å². The molecule has 1 saturated heterocycles. The van der Waals surface area contributed by atoms with E-state index in [9.17, 15) is 9.90 Å². The predicted octanol–water partition coefficient (Wildman–Crippen LogP) is 5.60. The van der Waals surface area contributed by atoms with E-state index in [1.807, 2.05) is 45.0 Å². The molecular weight excluding hydrogens is 354 g/mol. The van der Waals surface area contributed by atoms with Crippen molar-refractivity contribution in [2.45, 2.75) is 39.2 Å². The van der Waals surface area contributed by atoms with Gasteiger partial charge in [0.05, 0.1) is 0 Å². The summed E-state index contributed by atoms with van der Waals surface area (Å²) in [5, 5.41) is 9.36. The number of phenolic OH excluding ortho intramolecular Hbond substituents is 1. The number of amides is 1. The van der Waals surface area contributed by atoms with Gasteiger partial charge < -0.3 is 19.5 Å². The van der Waals surface area contributed by atoms with Gasteiger partial charge in [-0.2, -0.15) is 0 Å². The lowest BCUT2D eigenvalue weighted by Gasteiger charge is -2.31. The van der Waals surface area contributed by atoms with E-state index in [-0.39, 0.29) is 11.8 Å². The number of phenols is 1. The largest absolute Gasteiger partial charge is 0.508 e. The lowest BCUT2D eigenvalue weighted by atomic mass is 10.0. The summed E-state index contributed by atoms with van der Waals surface area (Å²) in [7, 11) is 0. The molecule has 0 radical (unpaired) electrons. The second-order valence-corrected chi connectivity index (χ2v) is 7.94. The third kappa shape index (κ3) is 5.78. The highest BCUT2D eigenvalue weighted by Gasteiger charge is 2.24. The van der Waals surface area contributed by atoms with E-state index in [1.54, 1.807) is 29.2 Å². The zero-order chi connectivity index (χ0) is 20.1. The molecule has 1 N–H and O–H groups in total. The number of rotatable bonds is 3. The molecule has 1 fully saturated rings. The zero-order valence-corrected chi connectivity index (χ0v) is 16.6. The van der Waals surface area contributed by atoms with Crippen LogP contribution in [0.25, 0.3) is 6.08 Å². The Balaban J connectivity index is 1.60. The number of ether oxygens (including phenoxy) is 2. The Morgan fingerprint density at radius 2 is 1.71 bits per heavy atom. The van der Waals surface area contributed by atoms with Crippen LogP contribution in [0.1, 0.15) is 39.2 Å². The van der Waals surface area contributed by atoms with Gasteiger partial charge in [-0.25, -0.2) is 4.79 Å². The smallest absolute Gasteiger partial charge is 0.410 e. The highest BCUT2D eigenvalue weighted by atomic mass is 16.6. The molecule has 148 valence electrons. The number of carbonyl (C=O) groups is 1. The molecule has 1 amide bonds. The van der Waals surface area contributed by atoms with Crippen molar-refractivity contribution in [2.24, 2.45) is 0 Å². The van der Waals surface area contributed by atoms with E-state index in [2.05, 4.69) is 6.08 Å². The third-order valence-electron chi connectivity index (χ3n) is 4.36. The van der Waals surface area contributed by atoms with E-state index in [0.29, 0.717) is 18.8 Å². The van der Waals surface area contributed by atoms with E-state index < -0.39 is 5.60 Å². The number of hydrogen-bond acceptors (Lipinski definition) is 4. The number of aromatic hydroxyl groups is 1. The van der Waals surface area contributed by atoms with Crippen LogP contribution in [0.2, 0.25) is 0 Å². The van der Waals surface area contributed by atoms with Gasteiger partial charge in [-0.3, -0.25) is 0 Å². The molecule has 2 aromatic rings. The molecule has 0 unspecified atom stereocenters. The molecule has 0 aromatic heterocycles. The van der Waals surface area contributed by atoms with Gasteiger partial charge in [-0.1, -0.05) is 23.8 Å². The molecule has 1 aliphatic rings. The highest BCUT2D eigenvalue weighted by Crippen LogP contribution is 2.26. The molecule has 0 bridgehead atoms. The first-order valence-corrected chi connectivity index (χ1v) is 9.53. The molecular formula is C23H27NO4. The van der Waals surface area contributed by atoms with Crippen molar-refractivity contribution in [1.29, 1.82) is 0 Å². The number of carbonyl (C=O) groups excluding carboxylic acids is 1. The molecule has 2 aromatic carbocycles. The monoisotopic (exact) mass is 381 g/mol. The number of hydrogen-bond donors (Lipinski definition) is 1. The van der Waals surface area contributed by atoms with Crippen molar-refractivity contribution < 1.29 is 19.4 Å². The first kappa shape index (κ1) is 19.8. The van der Waals surface area contributed by atoms with Gasteiger partial charge in [0.1, 0.15) is 22.8 Å².